The standard InChI is InChI=1S/C17H19BrFN/c1-11(2)9-12-5-3-6-13(10-12)17(20)16-14(18)7-4-8-15(16)19/h3-8,10-11,17H,9,20H2,1-2H3. The highest BCUT2D eigenvalue weighted by Gasteiger charge is 2.17. The van der Waals surface area contributed by atoms with E-state index in [0.29, 0.717) is 16.0 Å². The van der Waals surface area contributed by atoms with Crippen molar-refractivity contribution in [3.63, 3.8) is 0 Å². The van der Waals surface area contributed by atoms with Crippen LogP contribution in [0, 0.1) is 11.7 Å². The largest absolute Gasteiger partial charge is 0.320 e. The molecule has 0 amide bonds. The summed E-state index contributed by atoms with van der Waals surface area (Å²) in [4.78, 5) is 0. The number of halogens is 2. The summed E-state index contributed by atoms with van der Waals surface area (Å²) in [5.74, 6) is 0.308. The molecule has 2 N–H and O–H groups in total. The van der Waals surface area contributed by atoms with Crippen molar-refractivity contribution in [2.24, 2.45) is 11.7 Å². The van der Waals surface area contributed by atoms with E-state index in [4.69, 9.17) is 5.73 Å². The summed E-state index contributed by atoms with van der Waals surface area (Å²) in [5.41, 5.74) is 8.93. The van der Waals surface area contributed by atoms with Crippen LogP contribution in [0.4, 0.5) is 4.39 Å². The topological polar surface area (TPSA) is 26.0 Å². The molecular formula is C17H19BrFN. The van der Waals surface area contributed by atoms with E-state index in [1.54, 1.807) is 6.07 Å². The van der Waals surface area contributed by atoms with Gasteiger partial charge in [-0.3, -0.25) is 0 Å². The fourth-order valence-electron chi connectivity index (χ4n) is 2.36. The average molecular weight is 336 g/mol. The summed E-state index contributed by atoms with van der Waals surface area (Å²) in [5, 5.41) is 0. The molecule has 2 aromatic rings. The van der Waals surface area contributed by atoms with Gasteiger partial charge in [0.05, 0.1) is 6.04 Å². The lowest BCUT2D eigenvalue weighted by atomic mass is 9.95. The third kappa shape index (κ3) is 3.47. The molecule has 0 bridgehead atoms. The minimum absolute atomic E-state index is 0.277. The van der Waals surface area contributed by atoms with Crippen LogP contribution in [0.15, 0.2) is 46.9 Å². The lowest BCUT2D eigenvalue weighted by molar-refractivity contribution is 0.597. The fourth-order valence-corrected chi connectivity index (χ4v) is 2.95. The van der Waals surface area contributed by atoms with E-state index in [1.165, 1.54) is 11.6 Å². The van der Waals surface area contributed by atoms with Gasteiger partial charge in [-0.15, -0.1) is 0 Å². The Morgan fingerprint density at radius 2 is 1.85 bits per heavy atom. The van der Waals surface area contributed by atoms with E-state index in [2.05, 4.69) is 41.9 Å². The third-order valence-corrected chi connectivity index (χ3v) is 3.96. The van der Waals surface area contributed by atoms with Gasteiger partial charge >= 0.3 is 0 Å². The monoisotopic (exact) mass is 335 g/mol. The predicted octanol–water partition coefficient (Wildman–Crippen LogP) is 4.83. The maximum absolute atomic E-state index is 14.0. The summed E-state index contributed by atoms with van der Waals surface area (Å²) in [7, 11) is 0. The molecule has 1 nitrogen and oxygen atoms in total. The molecule has 1 unspecified atom stereocenters. The van der Waals surface area contributed by atoms with Gasteiger partial charge in [-0.1, -0.05) is 60.1 Å². The quantitative estimate of drug-likeness (QED) is 0.850. The molecule has 0 aliphatic rings. The molecule has 1 atom stereocenters. The van der Waals surface area contributed by atoms with Gasteiger partial charge in [-0.2, -0.15) is 0 Å². The second-order valence-electron chi connectivity index (χ2n) is 5.46. The van der Waals surface area contributed by atoms with Crippen molar-refractivity contribution >= 4 is 15.9 Å². The number of nitrogens with two attached hydrogens (primary N) is 1. The molecule has 0 aliphatic carbocycles. The van der Waals surface area contributed by atoms with Crippen molar-refractivity contribution in [3.8, 4) is 0 Å². The predicted molar refractivity (Wildman–Crippen MR) is 85.1 cm³/mol. The van der Waals surface area contributed by atoms with Crippen LogP contribution in [0.5, 0.6) is 0 Å². The van der Waals surface area contributed by atoms with Gasteiger partial charge in [0.1, 0.15) is 5.82 Å². The fraction of sp³-hybridized carbons (Fsp3) is 0.294. The van der Waals surface area contributed by atoms with Crippen molar-refractivity contribution in [2.75, 3.05) is 0 Å². The first-order valence-corrected chi connectivity index (χ1v) is 7.56. The van der Waals surface area contributed by atoms with Crippen molar-refractivity contribution in [3.05, 3.63) is 69.4 Å². The Hall–Kier alpha value is -1.19. The SMILES string of the molecule is CC(C)Cc1cccc(C(N)c2c(F)cccc2Br)c1. The molecule has 106 valence electrons. The smallest absolute Gasteiger partial charge is 0.129 e. The highest BCUT2D eigenvalue weighted by Crippen LogP contribution is 2.29. The highest BCUT2D eigenvalue weighted by molar-refractivity contribution is 9.10. The van der Waals surface area contributed by atoms with E-state index in [9.17, 15) is 4.39 Å². The van der Waals surface area contributed by atoms with Crippen LogP contribution >= 0.6 is 15.9 Å². The first kappa shape index (κ1) is 15.2. The van der Waals surface area contributed by atoms with E-state index in [0.717, 1.165) is 12.0 Å². The molecule has 2 aromatic carbocycles. The van der Waals surface area contributed by atoms with Gasteiger partial charge in [0.2, 0.25) is 0 Å². The molecule has 0 saturated carbocycles. The summed E-state index contributed by atoms with van der Waals surface area (Å²) >= 11 is 3.38. The molecule has 0 heterocycles. The van der Waals surface area contributed by atoms with Crippen LogP contribution in [0.25, 0.3) is 0 Å². The Kier molecular flexibility index (Phi) is 4.95. The van der Waals surface area contributed by atoms with Crippen LogP contribution in [-0.4, -0.2) is 0 Å². The van der Waals surface area contributed by atoms with Gasteiger partial charge in [-0.25, -0.2) is 4.39 Å². The molecular weight excluding hydrogens is 317 g/mol. The Labute approximate surface area is 128 Å². The van der Waals surface area contributed by atoms with E-state index in [-0.39, 0.29) is 5.82 Å². The minimum atomic E-state index is -0.460. The van der Waals surface area contributed by atoms with Crippen LogP contribution in [0.3, 0.4) is 0 Å². The lowest BCUT2D eigenvalue weighted by Crippen LogP contribution is -2.14. The Balaban J connectivity index is 2.36. The third-order valence-electron chi connectivity index (χ3n) is 3.26. The number of hydrogen-bond donors (Lipinski definition) is 1. The molecule has 0 radical (unpaired) electrons. The molecule has 0 fully saturated rings. The number of benzene rings is 2. The van der Waals surface area contributed by atoms with Gasteiger partial charge in [-0.05, 0) is 35.6 Å². The van der Waals surface area contributed by atoms with Gasteiger partial charge < -0.3 is 5.73 Å². The molecule has 0 spiro atoms. The summed E-state index contributed by atoms with van der Waals surface area (Å²) < 4.78 is 14.7. The van der Waals surface area contributed by atoms with Crippen molar-refractivity contribution in [1.29, 1.82) is 0 Å². The number of rotatable bonds is 4. The maximum Gasteiger partial charge on any atom is 0.129 e. The van der Waals surface area contributed by atoms with Gasteiger partial charge in [0.15, 0.2) is 0 Å². The normalized spacial score (nSPS) is 12.7. The van der Waals surface area contributed by atoms with E-state index in [1.807, 2.05) is 18.2 Å². The average Bonchev–Trinajstić information content (AvgIpc) is 2.38. The second-order valence-corrected chi connectivity index (χ2v) is 6.31. The van der Waals surface area contributed by atoms with Crippen LogP contribution in [0.1, 0.15) is 36.6 Å². The molecule has 0 aliphatic heterocycles. The van der Waals surface area contributed by atoms with Crippen molar-refractivity contribution in [1.82, 2.24) is 0 Å². The molecule has 3 heteroatoms. The zero-order valence-corrected chi connectivity index (χ0v) is 13.3. The highest BCUT2D eigenvalue weighted by atomic mass is 79.9. The molecule has 0 aromatic heterocycles. The lowest BCUT2D eigenvalue weighted by Gasteiger charge is -2.16. The van der Waals surface area contributed by atoms with Gasteiger partial charge in [0.25, 0.3) is 0 Å². The second kappa shape index (κ2) is 6.51. The minimum Gasteiger partial charge on any atom is -0.320 e. The first-order valence-electron chi connectivity index (χ1n) is 6.77. The first-order chi connectivity index (χ1) is 9.49. The number of hydrogen-bond acceptors (Lipinski definition) is 1. The Morgan fingerprint density at radius 3 is 2.50 bits per heavy atom. The molecule has 20 heavy (non-hydrogen) atoms. The zero-order valence-electron chi connectivity index (χ0n) is 11.7. The Morgan fingerprint density at radius 1 is 1.15 bits per heavy atom. The van der Waals surface area contributed by atoms with E-state index >= 15 is 0 Å². The Bertz CT molecular complexity index is 575. The summed E-state index contributed by atoms with van der Waals surface area (Å²) in [6.45, 7) is 4.36. The van der Waals surface area contributed by atoms with Crippen LogP contribution in [0.2, 0.25) is 0 Å². The van der Waals surface area contributed by atoms with Crippen LogP contribution < -0.4 is 5.73 Å². The molecule has 2 rings (SSSR count). The van der Waals surface area contributed by atoms with E-state index < -0.39 is 6.04 Å². The maximum atomic E-state index is 14.0. The summed E-state index contributed by atoms with van der Waals surface area (Å²) in [6, 6.07) is 12.6. The zero-order chi connectivity index (χ0) is 14.7. The van der Waals surface area contributed by atoms with Gasteiger partial charge in [0, 0.05) is 10.0 Å². The van der Waals surface area contributed by atoms with Crippen molar-refractivity contribution < 1.29 is 4.39 Å². The molecule has 0 saturated heterocycles. The van der Waals surface area contributed by atoms with Crippen LogP contribution in [-0.2, 0) is 6.42 Å². The summed E-state index contributed by atoms with van der Waals surface area (Å²) in [6.07, 6.45) is 0.999. The van der Waals surface area contributed by atoms with Crippen molar-refractivity contribution in [2.45, 2.75) is 26.3 Å².